The third-order valence-corrected chi connectivity index (χ3v) is 21.2. The van der Waals surface area contributed by atoms with Gasteiger partial charge in [-0.25, -0.2) is 9.59 Å². The van der Waals surface area contributed by atoms with Crippen LogP contribution in [0.15, 0.2) is 23.3 Å². The first-order valence-electron chi connectivity index (χ1n) is 28.2. The predicted molar refractivity (Wildman–Crippen MR) is 272 cm³/mol. The summed E-state index contributed by atoms with van der Waals surface area (Å²) >= 11 is 0. The molecule has 0 bridgehead atoms. The van der Waals surface area contributed by atoms with E-state index in [2.05, 4.69) is 19.9 Å². The largest absolute Gasteiger partial charge is 0.479 e. The molecule has 3 heterocycles. The lowest BCUT2D eigenvalue weighted by Gasteiger charge is -2.72. The number of carboxylic acid groups (broad SMARTS) is 1. The molecular formula is C56H88O23. The van der Waals surface area contributed by atoms with Crippen LogP contribution in [0.3, 0.4) is 0 Å². The van der Waals surface area contributed by atoms with Gasteiger partial charge in [-0.05, 0) is 93.3 Å². The molecule has 23 nitrogen and oxygen atoms in total. The van der Waals surface area contributed by atoms with Crippen LogP contribution in [0.2, 0.25) is 0 Å². The van der Waals surface area contributed by atoms with Crippen LogP contribution in [0.1, 0.15) is 114 Å². The molecule has 5 aliphatic carbocycles. The molecule has 0 aromatic heterocycles. The van der Waals surface area contributed by atoms with Crippen LogP contribution in [0.25, 0.3) is 0 Å². The number of rotatable bonds is 15. The zero-order valence-electron chi connectivity index (χ0n) is 46.9. The van der Waals surface area contributed by atoms with Crippen molar-refractivity contribution in [2.24, 2.45) is 56.7 Å². The Balaban J connectivity index is 1.12. The van der Waals surface area contributed by atoms with Crippen LogP contribution >= 0.6 is 0 Å². The topological polar surface area (TPSA) is 368 Å². The van der Waals surface area contributed by atoms with Crippen molar-refractivity contribution in [3.8, 4) is 0 Å². The lowest BCUT2D eigenvalue weighted by atomic mass is 9.33. The van der Waals surface area contributed by atoms with Gasteiger partial charge in [-0.2, -0.15) is 0 Å². The summed E-state index contributed by atoms with van der Waals surface area (Å²) in [4.78, 5) is 39.7. The van der Waals surface area contributed by atoms with Crippen molar-refractivity contribution in [1.29, 1.82) is 0 Å². The molecule has 7 fully saturated rings. The second-order valence-corrected chi connectivity index (χ2v) is 25.6. The molecule has 28 unspecified atom stereocenters. The minimum absolute atomic E-state index is 0.0978. The monoisotopic (exact) mass is 1130 g/mol. The number of aliphatic hydroxyl groups excluding tert-OH is 11. The Labute approximate surface area is 460 Å². The van der Waals surface area contributed by atoms with Gasteiger partial charge in [-0.1, -0.05) is 73.1 Å². The lowest BCUT2D eigenvalue weighted by Crippen LogP contribution is -2.76. The van der Waals surface area contributed by atoms with Crippen molar-refractivity contribution in [3.63, 3.8) is 0 Å². The average Bonchev–Trinajstić information content (AvgIpc) is 2.08. The van der Waals surface area contributed by atoms with Crippen molar-refractivity contribution in [2.75, 3.05) is 19.8 Å². The van der Waals surface area contributed by atoms with Crippen LogP contribution in [-0.2, 0) is 52.3 Å². The van der Waals surface area contributed by atoms with Gasteiger partial charge in [0.25, 0.3) is 0 Å². The van der Waals surface area contributed by atoms with E-state index in [1.54, 1.807) is 26.8 Å². The van der Waals surface area contributed by atoms with E-state index in [0.29, 0.717) is 50.5 Å². The van der Waals surface area contributed by atoms with E-state index in [0.717, 1.165) is 5.57 Å². The van der Waals surface area contributed by atoms with E-state index in [-0.39, 0.29) is 17.8 Å². The number of carbonyl (C=O) groups is 3. The second kappa shape index (κ2) is 23.0. The summed E-state index contributed by atoms with van der Waals surface area (Å²) in [6, 6.07) is 0. The fourth-order valence-electron chi connectivity index (χ4n) is 15.8. The minimum atomic E-state index is -2.12. The smallest absolute Gasteiger partial charge is 0.335 e. The molecule has 4 saturated carbocycles. The Bertz CT molecular complexity index is 2280. The van der Waals surface area contributed by atoms with Gasteiger partial charge >= 0.3 is 17.9 Å². The quantitative estimate of drug-likeness (QED) is 0.0443. The molecule has 0 radical (unpaired) electrons. The molecule has 0 aromatic carbocycles. The number of aliphatic hydroxyl groups is 11. The Morgan fingerprint density at radius 2 is 1.35 bits per heavy atom. The Kier molecular flexibility index (Phi) is 18.1. The van der Waals surface area contributed by atoms with E-state index < -0.39 is 193 Å². The van der Waals surface area contributed by atoms with Crippen LogP contribution in [0, 0.1) is 56.7 Å². The number of hydrogen-bond acceptors (Lipinski definition) is 22. The van der Waals surface area contributed by atoms with Crippen LogP contribution < -0.4 is 0 Å². The summed E-state index contributed by atoms with van der Waals surface area (Å²) in [5.74, 6) is -4.50. The van der Waals surface area contributed by atoms with Gasteiger partial charge < -0.3 is 99.2 Å². The van der Waals surface area contributed by atoms with Crippen LogP contribution in [0.5, 0.6) is 0 Å². The molecule has 0 spiro atoms. The van der Waals surface area contributed by atoms with Gasteiger partial charge in [0.15, 0.2) is 25.0 Å². The number of hydrogen-bond donors (Lipinski definition) is 12. The van der Waals surface area contributed by atoms with E-state index >= 15 is 0 Å². The number of carbonyl (C=O) groups excluding carboxylic acids is 2. The van der Waals surface area contributed by atoms with E-state index in [1.165, 1.54) is 0 Å². The highest BCUT2D eigenvalue weighted by molar-refractivity contribution is 5.87. The normalized spacial score (nSPS) is 50.0. The first kappa shape index (κ1) is 62.3. The van der Waals surface area contributed by atoms with Crippen molar-refractivity contribution < 1.29 is 114 Å². The second-order valence-electron chi connectivity index (χ2n) is 25.6. The van der Waals surface area contributed by atoms with Crippen LogP contribution in [-0.4, -0.2) is 216 Å². The predicted octanol–water partition coefficient (Wildman–Crippen LogP) is -0.0475. The first-order valence-corrected chi connectivity index (χ1v) is 28.2. The molecule has 28 atom stereocenters. The molecule has 3 saturated heterocycles. The van der Waals surface area contributed by atoms with Gasteiger partial charge in [0.05, 0.1) is 42.9 Å². The Morgan fingerprint density at radius 1 is 0.759 bits per heavy atom. The lowest BCUT2D eigenvalue weighted by molar-refractivity contribution is -0.384. The van der Waals surface area contributed by atoms with E-state index in [1.807, 2.05) is 34.6 Å². The zero-order valence-corrected chi connectivity index (χ0v) is 46.9. The van der Waals surface area contributed by atoms with E-state index in [9.17, 15) is 75.7 Å². The average molecular weight is 1130 g/mol. The maximum atomic E-state index is 13.5. The third-order valence-electron chi connectivity index (χ3n) is 21.2. The van der Waals surface area contributed by atoms with Crippen molar-refractivity contribution >= 4 is 17.9 Å². The maximum Gasteiger partial charge on any atom is 0.335 e. The van der Waals surface area contributed by atoms with Crippen molar-refractivity contribution in [3.05, 3.63) is 23.3 Å². The highest BCUT2D eigenvalue weighted by Crippen LogP contribution is 2.75. The Morgan fingerprint density at radius 3 is 1.94 bits per heavy atom. The van der Waals surface area contributed by atoms with Crippen molar-refractivity contribution in [1.82, 2.24) is 0 Å². The molecule has 8 rings (SSSR count). The fourth-order valence-corrected chi connectivity index (χ4v) is 15.8. The first-order chi connectivity index (χ1) is 37.0. The van der Waals surface area contributed by atoms with Gasteiger partial charge in [0.1, 0.15) is 79.9 Å². The molecule has 0 aromatic rings. The summed E-state index contributed by atoms with van der Waals surface area (Å²) in [6.07, 6.45) is -24.8. The summed E-state index contributed by atoms with van der Waals surface area (Å²) in [6.45, 7) is 17.0. The van der Waals surface area contributed by atoms with Gasteiger partial charge in [0, 0.05) is 16.4 Å². The highest BCUT2D eigenvalue weighted by Gasteiger charge is 2.75. The molecule has 8 aliphatic rings. The van der Waals surface area contributed by atoms with Gasteiger partial charge in [-0.15, -0.1) is 0 Å². The number of allylic oxidation sites excluding steroid dienone is 2. The summed E-state index contributed by atoms with van der Waals surface area (Å²) in [5.41, 5.74) is -3.68. The molecule has 12 N–H and O–H groups in total. The van der Waals surface area contributed by atoms with Crippen molar-refractivity contribution in [2.45, 2.75) is 231 Å². The van der Waals surface area contributed by atoms with Gasteiger partial charge in [0.2, 0.25) is 0 Å². The number of ether oxygens (including phenoxy) is 8. The zero-order chi connectivity index (χ0) is 58.4. The number of carboxylic acids is 1. The summed E-state index contributed by atoms with van der Waals surface area (Å²) < 4.78 is 48.3. The van der Waals surface area contributed by atoms with Gasteiger partial charge in [-0.3, -0.25) is 4.79 Å². The molecular weight excluding hydrogens is 1040 g/mol. The number of aliphatic carboxylic acids is 1. The molecule has 79 heavy (non-hydrogen) atoms. The molecule has 3 aliphatic heterocycles. The summed E-state index contributed by atoms with van der Waals surface area (Å²) in [7, 11) is 0. The van der Waals surface area contributed by atoms with Crippen LogP contribution in [0.4, 0.5) is 0 Å². The minimum Gasteiger partial charge on any atom is -0.479 e. The number of esters is 2. The maximum absolute atomic E-state index is 13.5. The molecule has 23 heteroatoms. The standard InChI is InChI=1S/C56H88O23/c1-11-23(3)47(70)72-22-56-28(19-52(6,7)45(44(56)67)79-48(71)24(4)12-2)27-13-14-32-53(8)17-16-29(25(5)26(53)15-18-54(32,9)55(27,10)42(65)43(56)66)73-51-41(78-50-37(63)35(61)33(59)30(20-57)74-50)39(38(64)40(77-51)46(68)69)76-49-36(62)34(60)31(21-58)75-49/h12-13,23,25-26,28-45,49-51,57-67H,11,14-22H2,1-10H3,(H,68,69). The number of fused-ring (bicyclic) bond motifs is 7. The summed E-state index contributed by atoms with van der Waals surface area (Å²) in [5, 5.41) is 135. The third kappa shape index (κ3) is 10.1. The highest BCUT2D eigenvalue weighted by atomic mass is 16.8. The Hall–Kier alpha value is -2.79. The van der Waals surface area contributed by atoms with E-state index in [4.69, 9.17) is 37.9 Å². The molecule has 0 amide bonds. The fraction of sp³-hybridized carbons (Fsp3) is 0.875. The SMILES string of the molecule is CC=C(C)C(=O)OC1C(O)C2(COC(=O)C(C)CC)C(CC1(C)C)C1=CCC3C4(C)CCC(OC5OC(C(=O)O)C(O)C(OC6OC(CO)C(O)C6O)C5OC5OC(CO)C(O)C(O)C5O)C(C)C4CCC3(C)C1(C)C(O)C2O. The molecule has 450 valence electrons.